The van der Waals surface area contributed by atoms with Crippen molar-refractivity contribution in [2.45, 2.75) is 89.1 Å². The van der Waals surface area contributed by atoms with Gasteiger partial charge >= 0.3 is 0 Å². The quantitative estimate of drug-likeness (QED) is 0.515. The van der Waals surface area contributed by atoms with Crippen LogP contribution in [0.2, 0.25) is 5.02 Å². The smallest absolute Gasteiger partial charge is 0.0802 e. The van der Waals surface area contributed by atoms with E-state index in [0.29, 0.717) is 5.92 Å². The predicted molar refractivity (Wildman–Crippen MR) is 111 cm³/mol. The molecule has 0 aliphatic heterocycles. The molecule has 0 saturated heterocycles. The van der Waals surface area contributed by atoms with E-state index in [0.717, 1.165) is 36.0 Å². The van der Waals surface area contributed by atoms with E-state index in [2.05, 4.69) is 17.4 Å². The summed E-state index contributed by atoms with van der Waals surface area (Å²) in [6.45, 7) is 1.95. The van der Waals surface area contributed by atoms with E-state index in [-0.39, 0.29) is 0 Å². The molecule has 2 fully saturated rings. The molecule has 3 rings (SSSR count). The monoisotopic (exact) mass is 377 g/mol. The van der Waals surface area contributed by atoms with Crippen LogP contribution in [0.1, 0.15) is 100 Å². The van der Waals surface area contributed by atoms with E-state index < -0.39 is 6.10 Å². The summed E-state index contributed by atoms with van der Waals surface area (Å²) in [6, 6.07) is 6.24. The maximum absolute atomic E-state index is 10.5. The Morgan fingerprint density at radius 2 is 1.65 bits per heavy atom. The predicted octanol–water partition coefficient (Wildman–Crippen LogP) is 6.37. The first-order valence-corrected chi connectivity index (χ1v) is 11.3. The summed E-state index contributed by atoms with van der Waals surface area (Å²) in [4.78, 5) is 0. The molecule has 0 aromatic heterocycles. The van der Waals surface area contributed by atoms with Gasteiger partial charge in [-0.15, -0.1) is 0 Å². The highest BCUT2D eigenvalue weighted by Gasteiger charge is 2.19. The number of rotatable bonds is 8. The van der Waals surface area contributed by atoms with E-state index in [9.17, 15) is 5.11 Å². The fraction of sp³-hybridized carbons (Fsp3) is 0.739. The van der Waals surface area contributed by atoms with Gasteiger partial charge in [-0.3, -0.25) is 0 Å². The Kier molecular flexibility index (Phi) is 8.29. The number of hydrogen-bond donors (Lipinski definition) is 2. The van der Waals surface area contributed by atoms with Gasteiger partial charge in [0.15, 0.2) is 0 Å². The van der Waals surface area contributed by atoms with Crippen LogP contribution in [0, 0.1) is 5.92 Å². The highest BCUT2D eigenvalue weighted by atomic mass is 35.5. The number of nitrogens with one attached hydrogen (secondary N) is 1. The maximum Gasteiger partial charge on any atom is 0.0802 e. The van der Waals surface area contributed by atoms with Crippen LogP contribution in [0.25, 0.3) is 0 Å². The van der Waals surface area contributed by atoms with E-state index >= 15 is 0 Å². The first kappa shape index (κ1) is 20.2. The number of halogens is 1. The molecular formula is C23H36ClNO. The van der Waals surface area contributed by atoms with E-state index in [1.807, 2.05) is 6.07 Å². The van der Waals surface area contributed by atoms with Crippen LogP contribution >= 0.6 is 11.6 Å². The molecule has 2 saturated carbocycles. The van der Waals surface area contributed by atoms with Gasteiger partial charge < -0.3 is 10.4 Å². The number of aliphatic hydroxyl groups excluding tert-OH is 1. The van der Waals surface area contributed by atoms with Crippen LogP contribution < -0.4 is 5.32 Å². The molecule has 1 aromatic rings. The van der Waals surface area contributed by atoms with Gasteiger partial charge in [0, 0.05) is 5.02 Å². The van der Waals surface area contributed by atoms with Crippen molar-refractivity contribution in [2.75, 3.05) is 13.1 Å². The third kappa shape index (κ3) is 5.97. The third-order valence-electron chi connectivity index (χ3n) is 6.50. The van der Waals surface area contributed by atoms with Crippen molar-refractivity contribution in [2.24, 2.45) is 5.92 Å². The Hall–Kier alpha value is -0.570. The first-order valence-electron chi connectivity index (χ1n) is 10.9. The van der Waals surface area contributed by atoms with Crippen molar-refractivity contribution in [1.29, 1.82) is 0 Å². The van der Waals surface area contributed by atoms with Crippen molar-refractivity contribution in [3.63, 3.8) is 0 Å². The lowest BCUT2D eigenvalue weighted by Gasteiger charge is -2.24. The lowest BCUT2D eigenvalue weighted by atomic mass is 9.83. The second-order valence-corrected chi connectivity index (χ2v) is 8.87. The van der Waals surface area contributed by atoms with Gasteiger partial charge in [-0.2, -0.15) is 0 Å². The molecule has 0 radical (unpaired) electrons. The molecular weight excluding hydrogens is 342 g/mol. The highest BCUT2D eigenvalue weighted by molar-refractivity contribution is 6.31. The molecule has 1 atom stereocenters. The largest absolute Gasteiger partial charge is 0.388 e. The Morgan fingerprint density at radius 3 is 2.35 bits per heavy atom. The second-order valence-electron chi connectivity index (χ2n) is 8.46. The maximum atomic E-state index is 10.5. The summed E-state index contributed by atoms with van der Waals surface area (Å²) in [5.41, 5.74) is 2.25. The summed E-state index contributed by atoms with van der Waals surface area (Å²) >= 11 is 6.55. The standard InChI is InChI=1S/C23H36ClNO/c24-22-17-20(11-12-21(22)19-9-5-2-6-10-19)23(26)14-16-25-15-13-18-7-3-1-4-8-18/h11-12,17-19,23,25-26H,1-10,13-16H2. The Bertz CT molecular complexity index is 535. The van der Waals surface area contributed by atoms with Crippen LogP contribution in [0.15, 0.2) is 18.2 Å². The molecule has 2 aliphatic carbocycles. The van der Waals surface area contributed by atoms with Gasteiger partial charge in [-0.1, -0.05) is 75.1 Å². The minimum Gasteiger partial charge on any atom is -0.388 e. The summed E-state index contributed by atoms with van der Waals surface area (Å²) in [6.07, 6.45) is 15.2. The topological polar surface area (TPSA) is 32.3 Å². The molecule has 2 N–H and O–H groups in total. The molecule has 3 heteroatoms. The third-order valence-corrected chi connectivity index (χ3v) is 6.83. The fourth-order valence-electron chi connectivity index (χ4n) is 4.81. The number of aliphatic hydroxyl groups is 1. The Balaban J connectivity index is 1.39. The van der Waals surface area contributed by atoms with Crippen LogP contribution in [0.3, 0.4) is 0 Å². The molecule has 0 spiro atoms. The molecule has 0 amide bonds. The Labute approximate surface area is 164 Å². The van der Waals surface area contributed by atoms with Crippen molar-refractivity contribution >= 4 is 11.6 Å². The summed E-state index contributed by atoms with van der Waals surface area (Å²) in [5, 5.41) is 14.9. The van der Waals surface area contributed by atoms with Gasteiger partial charge in [0.2, 0.25) is 0 Å². The van der Waals surface area contributed by atoms with Gasteiger partial charge in [0.05, 0.1) is 6.10 Å². The van der Waals surface area contributed by atoms with Crippen LogP contribution in [0.4, 0.5) is 0 Å². The van der Waals surface area contributed by atoms with Crippen molar-refractivity contribution in [3.05, 3.63) is 34.3 Å². The summed E-state index contributed by atoms with van der Waals surface area (Å²) in [5.74, 6) is 1.54. The van der Waals surface area contributed by atoms with Crippen molar-refractivity contribution < 1.29 is 5.11 Å². The SMILES string of the molecule is OC(CCNCCC1CCCCC1)c1ccc(C2CCCCC2)c(Cl)c1. The van der Waals surface area contributed by atoms with Crippen LogP contribution in [-0.4, -0.2) is 18.2 Å². The number of benzene rings is 1. The van der Waals surface area contributed by atoms with Crippen molar-refractivity contribution in [1.82, 2.24) is 5.32 Å². The average molecular weight is 378 g/mol. The molecule has 2 nitrogen and oxygen atoms in total. The zero-order chi connectivity index (χ0) is 18.2. The first-order chi connectivity index (χ1) is 12.7. The van der Waals surface area contributed by atoms with E-state index in [4.69, 9.17) is 11.6 Å². The minimum atomic E-state index is -0.421. The molecule has 1 unspecified atom stereocenters. The lowest BCUT2D eigenvalue weighted by molar-refractivity contribution is 0.166. The summed E-state index contributed by atoms with van der Waals surface area (Å²) < 4.78 is 0. The molecule has 0 bridgehead atoms. The van der Waals surface area contributed by atoms with Crippen LogP contribution in [0.5, 0.6) is 0 Å². The normalized spacial score (nSPS) is 21.0. The van der Waals surface area contributed by atoms with Gasteiger partial charge in [0.1, 0.15) is 0 Å². The zero-order valence-corrected chi connectivity index (χ0v) is 16.9. The van der Waals surface area contributed by atoms with Crippen molar-refractivity contribution in [3.8, 4) is 0 Å². The van der Waals surface area contributed by atoms with Gasteiger partial charge in [-0.25, -0.2) is 0 Å². The zero-order valence-electron chi connectivity index (χ0n) is 16.2. The van der Waals surface area contributed by atoms with Gasteiger partial charge in [-0.05, 0) is 67.8 Å². The Morgan fingerprint density at radius 1 is 0.962 bits per heavy atom. The lowest BCUT2D eigenvalue weighted by Crippen LogP contribution is -2.22. The highest BCUT2D eigenvalue weighted by Crippen LogP contribution is 2.37. The molecule has 146 valence electrons. The van der Waals surface area contributed by atoms with Crippen LogP contribution in [-0.2, 0) is 0 Å². The van der Waals surface area contributed by atoms with Gasteiger partial charge in [0.25, 0.3) is 0 Å². The number of hydrogen-bond acceptors (Lipinski definition) is 2. The average Bonchev–Trinajstić information content (AvgIpc) is 2.69. The minimum absolute atomic E-state index is 0.421. The fourth-order valence-corrected chi connectivity index (χ4v) is 5.15. The molecule has 2 aliphatic rings. The van der Waals surface area contributed by atoms with E-state index in [1.54, 1.807) is 0 Å². The second kappa shape index (κ2) is 10.7. The van der Waals surface area contributed by atoms with E-state index in [1.165, 1.54) is 76.2 Å². The molecule has 26 heavy (non-hydrogen) atoms. The molecule has 1 aromatic carbocycles. The molecule has 0 heterocycles. The summed E-state index contributed by atoms with van der Waals surface area (Å²) in [7, 11) is 0.